The van der Waals surface area contributed by atoms with E-state index in [1.54, 1.807) is 0 Å². The van der Waals surface area contributed by atoms with Crippen molar-refractivity contribution >= 4 is 0 Å². The van der Waals surface area contributed by atoms with Crippen molar-refractivity contribution in [3.05, 3.63) is 60.2 Å². The summed E-state index contributed by atoms with van der Waals surface area (Å²) in [5.74, 6) is 2.65. The standard InChI is InChI=1S/C15H14O/c1-2-6-13(7-3-1)16-15-9-5-4-8-14(15)12-10-11-12/h1-9,12H,10-11H2. The highest BCUT2D eigenvalue weighted by atomic mass is 16.5. The Kier molecular flexibility index (Phi) is 2.37. The SMILES string of the molecule is c1ccc(Oc2ccccc2C2CC2)cc1. The van der Waals surface area contributed by atoms with Crippen molar-refractivity contribution in [3.8, 4) is 11.5 Å². The van der Waals surface area contributed by atoms with Crippen molar-refractivity contribution in [2.45, 2.75) is 18.8 Å². The maximum absolute atomic E-state index is 5.91. The first-order valence-corrected chi connectivity index (χ1v) is 5.75. The lowest BCUT2D eigenvalue weighted by Crippen LogP contribution is -1.89. The Morgan fingerprint density at radius 1 is 0.812 bits per heavy atom. The molecule has 0 amide bonds. The molecule has 0 heterocycles. The molecule has 80 valence electrons. The first-order chi connectivity index (χ1) is 7.93. The number of rotatable bonds is 3. The second-order valence-electron chi connectivity index (χ2n) is 4.23. The minimum atomic E-state index is 0.722. The molecule has 1 saturated carbocycles. The first-order valence-electron chi connectivity index (χ1n) is 5.75. The summed E-state index contributed by atoms with van der Waals surface area (Å²) in [6, 6.07) is 18.3. The van der Waals surface area contributed by atoms with Gasteiger partial charge in [0.15, 0.2) is 0 Å². The highest BCUT2D eigenvalue weighted by Gasteiger charge is 2.26. The van der Waals surface area contributed by atoms with E-state index >= 15 is 0 Å². The third kappa shape index (κ3) is 1.94. The molecule has 0 N–H and O–H groups in total. The molecule has 2 aromatic rings. The van der Waals surface area contributed by atoms with Crippen LogP contribution in [0.2, 0.25) is 0 Å². The molecule has 1 aliphatic carbocycles. The van der Waals surface area contributed by atoms with Gasteiger partial charge in [-0.25, -0.2) is 0 Å². The maximum atomic E-state index is 5.91. The monoisotopic (exact) mass is 210 g/mol. The van der Waals surface area contributed by atoms with E-state index in [-0.39, 0.29) is 0 Å². The molecule has 0 aromatic heterocycles. The fourth-order valence-corrected chi connectivity index (χ4v) is 1.92. The van der Waals surface area contributed by atoms with Crippen LogP contribution in [0.5, 0.6) is 11.5 Å². The zero-order chi connectivity index (χ0) is 10.8. The molecule has 0 aliphatic heterocycles. The normalized spacial score (nSPS) is 14.8. The molecule has 0 spiro atoms. The van der Waals surface area contributed by atoms with E-state index in [0.717, 1.165) is 17.4 Å². The highest BCUT2D eigenvalue weighted by molar-refractivity contribution is 5.41. The number of ether oxygens (including phenoxy) is 1. The molecule has 1 fully saturated rings. The number of benzene rings is 2. The molecule has 0 unspecified atom stereocenters. The molecule has 0 saturated heterocycles. The lowest BCUT2D eigenvalue weighted by atomic mass is 10.1. The van der Waals surface area contributed by atoms with Gasteiger partial charge < -0.3 is 4.74 Å². The summed E-state index contributed by atoms with van der Waals surface area (Å²) in [6.45, 7) is 0. The molecule has 0 bridgehead atoms. The fraction of sp³-hybridized carbons (Fsp3) is 0.200. The van der Waals surface area contributed by atoms with Crippen LogP contribution in [0.3, 0.4) is 0 Å². The van der Waals surface area contributed by atoms with Gasteiger partial charge in [0.1, 0.15) is 11.5 Å². The molecule has 3 rings (SSSR count). The van der Waals surface area contributed by atoms with Gasteiger partial charge >= 0.3 is 0 Å². The van der Waals surface area contributed by atoms with Gasteiger partial charge in [0.05, 0.1) is 0 Å². The summed E-state index contributed by atoms with van der Waals surface area (Å²) >= 11 is 0. The lowest BCUT2D eigenvalue weighted by molar-refractivity contribution is 0.476. The molecule has 1 aliphatic rings. The largest absolute Gasteiger partial charge is 0.457 e. The van der Waals surface area contributed by atoms with Crippen molar-refractivity contribution in [1.82, 2.24) is 0 Å². The third-order valence-electron chi connectivity index (χ3n) is 2.91. The Labute approximate surface area is 95.7 Å². The van der Waals surface area contributed by atoms with Crippen LogP contribution in [0.4, 0.5) is 0 Å². The van der Waals surface area contributed by atoms with Gasteiger partial charge in [-0.3, -0.25) is 0 Å². The maximum Gasteiger partial charge on any atom is 0.130 e. The van der Waals surface area contributed by atoms with Gasteiger partial charge in [0.2, 0.25) is 0 Å². The van der Waals surface area contributed by atoms with Gasteiger partial charge in [0.25, 0.3) is 0 Å². The molecular weight excluding hydrogens is 196 g/mol. The van der Waals surface area contributed by atoms with Crippen molar-refractivity contribution in [2.75, 3.05) is 0 Å². The van der Waals surface area contributed by atoms with Crippen LogP contribution < -0.4 is 4.74 Å². The summed E-state index contributed by atoms with van der Waals surface area (Å²) in [6.07, 6.45) is 2.60. The Hall–Kier alpha value is -1.76. The Bertz CT molecular complexity index is 472. The van der Waals surface area contributed by atoms with Crippen LogP contribution >= 0.6 is 0 Å². The molecular formula is C15H14O. The van der Waals surface area contributed by atoms with Gasteiger partial charge in [-0.05, 0) is 42.5 Å². The summed E-state index contributed by atoms with van der Waals surface area (Å²) in [5, 5.41) is 0. The molecule has 2 aromatic carbocycles. The van der Waals surface area contributed by atoms with Crippen molar-refractivity contribution in [2.24, 2.45) is 0 Å². The summed E-state index contributed by atoms with van der Waals surface area (Å²) in [4.78, 5) is 0. The molecule has 1 heteroatoms. The predicted octanol–water partition coefficient (Wildman–Crippen LogP) is 4.36. The zero-order valence-electron chi connectivity index (χ0n) is 9.10. The van der Waals surface area contributed by atoms with Gasteiger partial charge in [0, 0.05) is 0 Å². The summed E-state index contributed by atoms with van der Waals surface area (Å²) < 4.78 is 5.91. The van der Waals surface area contributed by atoms with E-state index in [9.17, 15) is 0 Å². The Balaban J connectivity index is 1.89. The minimum absolute atomic E-state index is 0.722. The third-order valence-corrected chi connectivity index (χ3v) is 2.91. The number of hydrogen-bond donors (Lipinski definition) is 0. The van der Waals surface area contributed by atoms with Crippen molar-refractivity contribution in [1.29, 1.82) is 0 Å². The lowest BCUT2D eigenvalue weighted by Gasteiger charge is -2.10. The Morgan fingerprint density at radius 3 is 2.25 bits per heavy atom. The van der Waals surface area contributed by atoms with E-state index < -0.39 is 0 Å². The smallest absolute Gasteiger partial charge is 0.130 e. The van der Waals surface area contributed by atoms with Crippen molar-refractivity contribution in [3.63, 3.8) is 0 Å². The Morgan fingerprint density at radius 2 is 1.50 bits per heavy atom. The zero-order valence-corrected chi connectivity index (χ0v) is 9.10. The van der Waals surface area contributed by atoms with Crippen LogP contribution in [0.15, 0.2) is 54.6 Å². The fourth-order valence-electron chi connectivity index (χ4n) is 1.92. The topological polar surface area (TPSA) is 9.23 Å². The van der Waals surface area contributed by atoms with Crippen LogP contribution in [-0.2, 0) is 0 Å². The molecule has 16 heavy (non-hydrogen) atoms. The average molecular weight is 210 g/mol. The first kappa shape index (κ1) is 9.46. The number of hydrogen-bond acceptors (Lipinski definition) is 1. The van der Waals surface area contributed by atoms with Crippen molar-refractivity contribution < 1.29 is 4.74 Å². The highest BCUT2D eigenvalue weighted by Crippen LogP contribution is 2.44. The minimum Gasteiger partial charge on any atom is -0.457 e. The van der Waals surface area contributed by atoms with Gasteiger partial charge in [-0.2, -0.15) is 0 Å². The molecule has 1 nitrogen and oxygen atoms in total. The van der Waals surface area contributed by atoms with E-state index in [4.69, 9.17) is 4.74 Å². The number of para-hydroxylation sites is 2. The second kappa shape index (κ2) is 4.01. The summed E-state index contributed by atoms with van der Waals surface area (Å²) in [7, 11) is 0. The van der Waals surface area contributed by atoms with E-state index in [1.807, 2.05) is 36.4 Å². The van der Waals surface area contributed by atoms with Gasteiger partial charge in [-0.15, -0.1) is 0 Å². The summed E-state index contributed by atoms with van der Waals surface area (Å²) in [5.41, 5.74) is 1.35. The van der Waals surface area contributed by atoms with Crippen LogP contribution in [0.1, 0.15) is 24.3 Å². The van der Waals surface area contributed by atoms with Crippen LogP contribution in [0, 0.1) is 0 Å². The van der Waals surface area contributed by atoms with Crippen LogP contribution in [0.25, 0.3) is 0 Å². The van der Waals surface area contributed by atoms with E-state index in [1.165, 1.54) is 18.4 Å². The van der Waals surface area contributed by atoms with E-state index in [2.05, 4.69) is 18.2 Å². The molecule has 0 radical (unpaired) electrons. The quantitative estimate of drug-likeness (QED) is 0.731. The average Bonchev–Trinajstić information content (AvgIpc) is 3.15. The molecule has 0 atom stereocenters. The van der Waals surface area contributed by atoms with Gasteiger partial charge in [-0.1, -0.05) is 36.4 Å². The predicted molar refractivity (Wildman–Crippen MR) is 64.9 cm³/mol. The second-order valence-corrected chi connectivity index (χ2v) is 4.23. The van der Waals surface area contributed by atoms with E-state index in [0.29, 0.717) is 0 Å². The van der Waals surface area contributed by atoms with Crippen LogP contribution in [-0.4, -0.2) is 0 Å².